The van der Waals surface area contributed by atoms with E-state index in [1.165, 1.54) is 17.4 Å². The number of hydrogen-bond donors (Lipinski definition) is 2. The molecule has 7 heteroatoms. The second kappa shape index (κ2) is 6.53. The summed E-state index contributed by atoms with van der Waals surface area (Å²) >= 11 is 1.52. The maximum atomic E-state index is 13.9. The summed E-state index contributed by atoms with van der Waals surface area (Å²) < 4.78 is 18.8. The lowest BCUT2D eigenvalue weighted by Crippen LogP contribution is -2.10. The molecule has 0 saturated carbocycles. The number of aromatic nitrogens is 1. The second-order valence-corrected chi connectivity index (χ2v) is 5.41. The number of halogens is 1. The van der Waals surface area contributed by atoms with Crippen LogP contribution in [0.2, 0.25) is 0 Å². The standard InChI is InChI=1S/C14H16FN3O2S/c1-3-20-14(19)10-4-13(11(15)5-12(10)16)17-6-9-7-21-8(2)18-9/h4-5,7,17H,3,6,16H2,1-2H3. The van der Waals surface area contributed by atoms with Gasteiger partial charge in [0.25, 0.3) is 0 Å². The van der Waals surface area contributed by atoms with Crippen molar-refractivity contribution < 1.29 is 13.9 Å². The van der Waals surface area contributed by atoms with Gasteiger partial charge in [-0.05, 0) is 26.0 Å². The summed E-state index contributed by atoms with van der Waals surface area (Å²) in [6.07, 6.45) is 0. The minimum absolute atomic E-state index is 0.0565. The minimum Gasteiger partial charge on any atom is -0.462 e. The molecular formula is C14H16FN3O2S. The summed E-state index contributed by atoms with van der Waals surface area (Å²) in [4.78, 5) is 16.0. The maximum Gasteiger partial charge on any atom is 0.340 e. The molecule has 0 atom stereocenters. The van der Waals surface area contributed by atoms with E-state index in [0.29, 0.717) is 6.54 Å². The average Bonchev–Trinajstić information content (AvgIpc) is 2.83. The van der Waals surface area contributed by atoms with E-state index >= 15 is 0 Å². The van der Waals surface area contributed by atoms with E-state index in [0.717, 1.165) is 16.8 Å². The normalized spacial score (nSPS) is 10.4. The predicted octanol–water partition coefficient (Wildman–Crippen LogP) is 2.96. The van der Waals surface area contributed by atoms with E-state index in [2.05, 4.69) is 10.3 Å². The first kappa shape index (κ1) is 15.2. The molecule has 5 nitrogen and oxygen atoms in total. The first-order chi connectivity index (χ1) is 10.0. The predicted molar refractivity (Wildman–Crippen MR) is 80.9 cm³/mol. The highest BCUT2D eigenvalue weighted by Crippen LogP contribution is 2.23. The molecule has 2 aromatic rings. The van der Waals surface area contributed by atoms with Crippen LogP contribution in [-0.2, 0) is 11.3 Å². The largest absolute Gasteiger partial charge is 0.462 e. The Labute approximate surface area is 126 Å². The molecule has 1 aromatic carbocycles. The molecule has 0 saturated heterocycles. The number of esters is 1. The van der Waals surface area contributed by atoms with Gasteiger partial charge in [-0.25, -0.2) is 14.2 Å². The molecule has 0 fully saturated rings. The number of nitrogens with two attached hydrogens (primary N) is 1. The van der Waals surface area contributed by atoms with Crippen LogP contribution in [0.4, 0.5) is 15.8 Å². The smallest absolute Gasteiger partial charge is 0.340 e. The van der Waals surface area contributed by atoms with E-state index in [1.807, 2.05) is 12.3 Å². The molecule has 0 unspecified atom stereocenters. The number of carbonyl (C=O) groups is 1. The van der Waals surface area contributed by atoms with Gasteiger partial charge in [0.05, 0.1) is 35.1 Å². The van der Waals surface area contributed by atoms with Gasteiger partial charge in [-0.15, -0.1) is 11.3 Å². The Morgan fingerprint density at radius 3 is 2.90 bits per heavy atom. The fourth-order valence-electron chi connectivity index (χ4n) is 1.78. The first-order valence-electron chi connectivity index (χ1n) is 6.42. The Hall–Kier alpha value is -2.15. The SMILES string of the molecule is CCOC(=O)c1cc(NCc2csc(C)n2)c(F)cc1N. The van der Waals surface area contributed by atoms with E-state index in [9.17, 15) is 9.18 Å². The van der Waals surface area contributed by atoms with Crippen LogP contribution in [0.5, 0.6) is 0 Å². The van der Waals surface area contributed by atoms with Crippen LogP contribution in [-0.4, -0.2) is 17.6 Å². The van der Waals surface area contributed by atoms with Crippen LogP contribution < -0.4 is 11.1 Å². The lowest BCUT2D eigenvalue weighted by molar-refractivity contribution is 0.0527. The number of ether oxygens (including phenoxy) is 1. The number of carbonyl (C=O) groups excluding carboxylic acids is 1. The zero-order chi connectivity index (χ0) is 15.4. The highest BCUT2D eigenvalue weighted by atomic mass is 32.1. The number of benzene rings is 1. The van der Waals surface area contributed by atoms with E-state index in [1.54, 1.807) is 6.92 Å². The summed E-state index contributed by atoms with van der Waals surface area (Å²) in [7, 11) is 0. The molecule has 0 aliphatic carbocycles. The van der Waals surface area contributed by atoms with Gasteiger partial charge in [0.1, 0.15) is 5.82 Å². The van der Waals surface area contributed by atoms with Crippen molar-refractivity contribution >= 4 is 28.7 Å². The summed E-state index contributed by atoms with van der Waals surface area (Å²) in [6, 6.07) is 2.47. The summed E-state index contributed by atoms with van der Waals surface area (Å²) in [5, 5.41) is 5.75. The number of rotatable bonds is 5. The number of nitrogen functional groups attached to an aromatic ring is 1. The van der Waals surface area contributed by atoms with Crippen molar-refractivity contribution in [2.24, 2.45) is 0 Å². The Kier molecular flexibility index (Phi) is 4.74. The lowest BCUT2D eigenvalue weighted by Gasteiger charge is -2.11. The Morgan fingerprint density at radius 2 is 2.29 bits per heavy atom. The number of hydrogen-bond acceptors (Lipinski definition) is 6. The molecule has 112 valence electrons. The fourth-order valence-corrected chi connectivity index (χ4v) is 2.40. The van der Waals surface area contributed by atoms with Crippen molar-refractivity contribution in [3.05, 3.63) is 39.6 Å². The van der Waals surface area contributed by atoms with Crippen molar-refractivity contribution in [2.75, 3.05) is 17.7 Å². The molecule has 0 amide bonds. The van der Waals surface area contributed by atoms with Crippen molar-refractivity contribution in [3.63, 3.8) is 0 Å². The molecule has 1 aromatic heterocycles. The van der Waals surface area contributed by atoms with Crippen LogP contribution in [0, 0.1) is 12.7 Å². The van der Waals surface area contributed by atoms with Gasteiger partial charge in [0.2, 0.25) is 0 Å². The van der Waals surface area contributed by atoms with Crippen molar-refractivity contribution in [1.82, 2.24) is 4.98 Å². The van der Waals surface area contributed by atoms with E-state index < -0.39 is 11.8 Å². The first-order valence-corrected chi connectivity index (χ1v) is 7.30. The van der Waals surface area contributed by atoms with Gasteiger partial charge in [0, 0.05) is 11.1 Å². The highest BCUT2D eigenvalue weighted by Gasteiger charge is 2.15. The van der Waals surface area contributed by atoms with Crippen LogP contribution in [0.25, 0.3) is 0 Å². The monoisotopic (exact) mass is 309 g/mol. The highest BCUT2D eigenvalue weighted by molar-refractivity contribution is 7.09. The average molecular weight is 309 g/mol. The van der Waals surface area contributed by atoms with Crippen molar-refractivity contribution in [3.8, 4) is 0 Å². The van der Waals surface area contributed by atoms with Gasteiger partial charge in [0.15, 0.2) is 0 Å². The molecule has 0 aliphatic heterocycles. The number of thiazole rings is 1. The Bertz CT molecular complexity index is 658. The topological polar surface area (TPSA) is 77.2 Å². The number of nitrogens with zero attached hydrogens (tertiary/aromatic N) is 1. The number of aryl methyl sites for hydroxylation is 1. The molecular weight excluding hydrogens is 293 g/mol. The van der Waals surface area contributed by atoms with Gasteiger partial charge >= 0.3 is 5.97 Å². The molecule has 0 radical (unpaired) electrons. The quantitative estimate of drug-likeness (QED) is 0.656. The molecule has 2 rings (SSSR count). The molecule has 21 heavy (non-hydrogen) atoms. The molecule has 1 heterocycles. The van der Waals surface area contributed by atoms with Gasteiger partial charge < -0.3 is 15.8 Å². The summed E-state index contributed by atoms with van der Waals surface area (Å²) in [6.45, 7) is 4.20. The minimum atomic E-state index is -0.567. The zero-order valence-electron chi connectivity index (χ0n) is 11.8. The van der Waals surface area contributed by atoms with E-state index in [4.69, 9.17) is 10.5 Å². The third-order valence-corrected chi connectivity index (χ3v) is 3.58. The van der Waals surface area contributed by atoms with Crippen LogP contribution in [0.3, 0.4) is 0 Å². The van der Waals surface area contributed by atoms with Crippen LogP contribution in [0.1, 0.15) is 28.0 Å². The van der Waals surface area contributed by atoms with Crippen LogP contribution >= 0.6 is 11.3 Å². The molecule has 3 N–H and O–H groups in total. The number of nitrogens with one attached hydrogen (secondary N) is 1. The number of anilines is 2. The van der Waals surface area contributed by atoms with Gasteiger partial charge in [-0.2, -0.15) is 0 Å². The third-order valence-electron chi connectivity index (χ3n) is 2.76. The second-order valence-electron chi connectivity index (χ2n) is 4.35. The van der Waals surface area contributed by atoms with Crippen molar-refractivity contribution in [1.29, 1.82) is 0 Å². The lowest BCUT2D eigenvalue weighted by atomic mass is 10.1. The zero-order valence-corrected chi connectivity index (χ0v) is 12.6. The molecule has 0 spiro atoms. The Balaban J connectivity index is 2.18. The Morgan fingerprint density at radius 1 is 1.52 bits per heavy atom. The fraction of sp³-hybridized carbons (Fsp3) is 0.286. The van der Waals surface area contributed by atoms with Gasteiger partial charge in [-0.1, -0.05) is 0 Å². The molecule has 0 aliphatic rings. The molecule has 0 bridgehead atoms. The van der Waals surface area contributed by atoms with Crippen molar-refractivity contribution in [2.45, 2.75) is 20.4 Å². The van der Waals surface area contributed by atoms with Gasteiger partial charge in [-0.3, -0.25) is 0 Å². The van der Waals surface area contributed by atoms with Crippen LogP contribution in [0.15, 0.2) is 17.5 Å². The summed E-state index contributed by atoms with van der Waals surface area (Å²) in [5.41, 5.74) is 6.86. The summed E-state index contributed by atoms with van der Waals surface area (Å²) in [5.74, 6) is -1.09. The maximum absolute atomic E-state index is 13.9. The third kappa shape index (κ3) is 3.69. The van der Waals surface area contributed by atoms with E-state index in [-0.39, 0.29) is 23.5 Å².